The molecule has 0 bridgehead atoms. The van der Waals surface area contributed by atoms with Gasteiger partial charge in [0.05, 0.1) is 24.1 Å². The molecule has 0 aliphatic carbocycles. The number of rotatable bonds is 3. The predicted molar refractivity (Wildman–Crippen MR) is 121 cm³/mol. The average molecular weight is 457 g/mol. The minimum atomic E-state index is -1.47. The van der Waals surface area contributed by atoms with E-state index in [4.69, 9.17) is 5.73 Å². The molecule has 1 aromatic carbocycles. The maximum atomic E-state index is 13.3. The van der Waals surface area contributed by atoms with Crippen LogP contribution >= 0.6 is 0 Å². The van der Waals surface area contributed by atoms with Gasteiger partial charge in [-0.05, 0) is 24.6 Å². The molecule has 33 heavy (non-hydrogen) atoms. The Balaban J connectivity index is 1.83. The number of hydrogen-bond donors (Lipinski definition) is 3. The number of benzene rings is 1. The molecule has 3 atom stereocenters. The summed E-state index contributed by atoms with van der Waals surface area (Å²) in [6, 6.07) is 6.13. The lowest BCUT2D eigenvalue weighted by molar-refractivity contribution is -0.0216. The third kappa shape index (κ3) is 3.88. The van der Waals surface area contributed by atoms with Gasteiger partial charge in [0.1, 0.15) is 0 Å². The van der Waals surface area contributed by atoms with Gasteiger partial charge in [0.25, 0.3) is 11.5 Å². The molecule has 2 aromatic heterocycles. The molecule has 1 fully saturated rings. The number of nitrogens with two attached hydrogens (primary N) is 1. The standard InChI is InChI=1S/C22H28N6O5/c1-22(33)8-15(29)10-27(19(30)14-6-4-5-13(7-14)9-23)11-16(22)28-12-24-18-17(28)20(31)26(3)21(32)25(18)2/h4-7,12,15-16,29,33H,8-11,23H2,1-3H3/t15-,16+,22+/m0/s1. The van der Waals surface area contributed by atoms with Crippen molar-refractivity contribution in [3.05, 3.63) is 62.6 Å². The van der Waals surface area contributed by atoms with Crippen LogP contribution in [0.3, 0.4) is 0 Å². The van der Waals surface area contributed by atoms with E-state index in [1.165, 1.54) is 34.5 Å². The third-order valence-corrected chi connectivity index (χ3v) is 6.40. The topological polar surface area (TPSA) is 149 Å². The number of aliphatic hydroxyl groups is 2. The molecule has 1 saturated heterocycles. The Morgan fingerprint density at radius 2 is 1.97 bits per heavy atom. The smallest absolute Gasteiger partial charge is 0.332 e. The first-order valence-electron chi connectivity index (χ1n) is 10.7. The highest BCUT2D eigenvalue weighted by molar-refractivity contribution is 5.94. The van der Waals surface area contributed by atoms with Gasteiger partial charge in [-0.2, -0.15) is 0 Å². The summed E-state index contributed by atoms with van der Waals surface area (Å²) in [5, 5.41) is 21.9. The summed E-state index contributed by atoms with van der Waals surface area (Å²) in [7, 11) is 2.88. The van der Waals surface area contributed by atoms with E-state index in [9.17, 15) is 24.6 Å². The number of carbonyl (C=O) groups excluding carboxylic acids is 1. The molecule has 11 heteroatoms. The minimum Gasteiger partial charge on any atom is -0.391 e. The monoisotopic (exact) mass is 456 g/mol. The van der Waals surface area contributed by atoms with Gasteiger partial charge in [-0.3, -0.25) is 18.7 Å². The fourth-order valence-corrected chi connectivity index (χ4v) is 4.58. The van der Waals surface area contributed by atoms with E-state index in [2.05, 4.69) is 4.98 Å². The molecule has 176 valence electrons. The summed E-state index contributed by atoms with van der Waals surface area (Å²) in [5.41, 5.74) is 4.69. The zero-order chi connectivity index (χ0) is 24.1. The number of carbonyl (C=O) groups is 1. The van der Waals surface area contributed by atoms with Gasteiger partial charge in [-0.15, -0.1) is 0 Å². The van der Waals surface area contributed by atoms with E-state index in [-0.39, 0.29) is 43.1 Å². The molecule has 1 aliphatic heterocycles. The van der Waals surface area contributed by atoms with Crippen LogP contribution in [0.25, 0.3) is 11.2 Å². The van der Waals surface area contributed by atoms with E-state index in [1.54, 1.807) is 25.1 Å². The number of aliphatic hydroxyl groups excluding tert-OH is 1. The molecule has 0 saturated carbocycles. The van der Waals surface area contributed by atoms with Gasteiger partial charge in [0.2, 0.25) is 0 Å². The molecule has 4 N–H and O–H groups in total. The maximum Gasteiger partial charge on any atom is 0.332 e. The van der Waals surface area contributed by atoms with Crippen LogP contribution in [0.1, 0.15) is 35.3 Å². The van der Waals surface area contributed by atoms with E-state index in [1.807, 2.05) is 6.07 Å². The summed E-state index contributed by atoms with van der Waals surface area (Å²) in [6.07, 6.45) is 0.393. The fourth-order valence-electron chi connectivity index (χ4n) is 4.58. The van der Waals surface area contributed by atoms with Crippen LogP contribution in [0.2, 0.25) is 0 Å². The molecule has 0 radical (unpaired) electrons. The van der Waals surface area contributed by atoms with Crippen molar-refractivity contribution in [2.45, 2.75) is 37.6 Å². The van der Waals surface area contributed by atoms with Crippen LogP contribution in [0.5, 0.6) is 0 Å². The van der Waals surface area contributed by atoms with Crippen LogP contribution in [-0.2, 0) is 20.6 Å². The summed E-state index contributed by atoms with van der Waals surface area (Å²) >= 11 is 0. The lowest BCUT2D eigenvalue weighted by Gasteiger charge is -2.34. The highest BCUT2D eigenvalue weighted by Gasteiger charge is 2.42. The third-order valence-electron chi connectivity index (χ3n) is 6.40. The number of nitrogens with zero attached hydrogens (tertiary/aromatic N) is 5. The van der Waals surface area contributed by atoms with Crippen LogP contribution in [0.4, 0.5) is 0 Å². The fraction of sp³-hybridized carbons (Fsp3) is 0.455. The maximum absolute atomic E-state index is 13.3. The number of aryl methyl sites for hydroxylation is 1. The Labute approximate surface area is 189 Å². The quantitative estimate of drug-likeness (QED) is 0.462. The minimum absolute atomic E-state index is 0.0153. The van der Waals surface area contributed by atoms with E-state index in [0.717, 1.165) is 10.1 Å². The highest BCUT2D eigenvalue weighted by Crippen LogP contribution is 2.33. The van der Waals surface area contributed by atoms with Gasteiger partial charge >= 0.3 is 5.69 Å². The lowest BCUT2D eigenvalue weighted by Crippen LogP contribution is -2.44. The molecule has 4 rings (SSSR count). The van der Waals surface area contributed by atoms with Crippen molar-refractivity contribution < 1.29 is 15.0 Å². The first kappa shape index (κ1) is 22.9. The molecular weight excluding hydrogens is 428 g/mol. The van der Waals surface area contributed by atoms with Gasteiger partial charge in [-0.1, -0.05) is 12.1 Å². The molecule has 0 spiro atoms. The largest absolute Gasteiger partial charge is 0.391 e. The lowest BCUT2D eigenvalue weighted by atomic mass is 9.91. The second-order valence-corrected chi connectivity index (χ2v) is 8.88. The van der Waals surface area contributed by atoms with E-state index < -0.39 is 29.0 Å². The van der Waals surface area contributed by atoms with Crippen LogP contribution in [0.15, 0.2) is 40.2 Å². The second-order valence-electron chi connectivity index (χ2n) is 8.88. The van der Waals surface area contributed by atoms with Crippen molar-refractivity contribution in [1.29, 1.82) is 0 Å². The Bertz CT molecular complexity index is 1340. The van der Waals surface area contributed by atoms with Crippen molar-refractivity contribution in [2.24, 2.45) is 19.8 Å². The first-order valence-corrected chi connectivity index (χ1v) is 10.7. The summed E-state index contributed by atoms with van der Waals surface area (Å²) in [6.45, 7) is 1.88. The zero-order valence-corrected chi connectivity index (χ0v) is 18.8. The van der Waals surface area contributed by atoms with Gasteiger partial charge < -0.3 is 25.4 Å². The first-order chi connectivity index (χ1) is 15.5. The number of hydrogen-bond acceptors (Lipinski definition) is 7. The second kappa shape index (κ2) is 8.25. The van der Waals surface area contributed by atoms with E-state index >= 15 is 0 Å². The summed E-state index contributed by atoms with van der Waals surface area (Å²) in [4.78, 5) is 44.3. The van der Waals surface area contributed by atoms with Crippen molar-refractivity contribution in [3.63, 3.8) is 0 Å². The average Bonchev–Trinajstić information content (AvgIpc) is 3.17. The van der Waals surface area contributed by atoms with Crippen LogP contribution in [-0.4, -0.2) is 64.5 Å². The van der Waals surface area contributed by atoms with Crippen molar-refractivity contribution >= 4 is 17.1 Å². The Morgan fingerprint density at radius 1 is 1.24 bits per heavy atom. The van der Waals surface area contributed by atoms with Crippen LogP contribution < -0.4 is 17.0 Å². The molecular formula is C22H28N6O5. The number of fused-ring (bicyclic) bond motifs is 1. The zero-order valence-electron chi connectivity index (χ0n) is 18.8. The molecule has 0 unspecified atom stereocenters. The van der Waals surface area contributed by atoms with Crippen molar-refractivity contribution in [2.75, 3.05) is 13.1 Å². The van der Waals surface area contributed by atoms with Crippen molar-refractivity contribution in [3.8, 4) is 0 Å². The molecule has 1 aliphatic rings. The number of likely N-dealkylation sites (tertiary alicyclic amines) is 1. The van der Waals surface area contributed by atoms with Crippen molar-refractivity contribution in [1.82, 2.24) is 23.6 Å². The Morgan fingerprint density at radius 3 is 2.67 bits per heavy atom. The summed E-state index contributed by atoms with van der Waals surface area (Å²) in [5.74, 6) is -0.322. The van der Waals surface area contributed by atoms with Gasteiger partial charge in [-0.25, -0.2) is 9.78 Å². The number of β-amino-alcohol motifs (C(OH)–C–C–N with tert-alkyl or cyclic N) is 1. The predicted octanol–water partition coefficient (Wildman–Crippen LogP) is -0.908. The Hall–Kier alpha value is -3.28. The number of imidazole rings is 1. The molecule has 3 heterocycles. The normalized spacial score (nSPS) is 23.6. The number of aromatic nitrogens is 4. The number of amides is 1. The highest BCUT2D eigenvalue weighted by atomic mass is 16.3. The van der Waals surface area contributed by atoms with Gasteiger partial charge in [0.15, 0.2) is 11.2 Å². The molecule has 11 nitrogen and oxygen atoms in total. The van der Waals surface area contributed by atoms with E-state index in [0.29, 0.717) is 5.56 Å². The molecule has 1 amide bonds. The Kier molecular flexibility index (Phi) is 5.72. The molecule has 3 aromatic rings. The summed E-state index contributed by atoms with van der Waals surface area (Å²) < 4.78 is 3.74. The van der Waals surface area contributed by atoms with Crippen LogP contribution in [0, 0.1) is 0 Å². The van der Waals surface area contributed by atoms with Gasteiger partial charge in [0, 0.05) is 45.7 Å². The SMILES string of the molecule is Cn1c(=O)c2c(ncn2[C@@H]2CN(C(=O)c3cccc(CN)c3)C[C@@H](O)C[C@@]2(C)O)n(C)c1=O.